The Labute approximate surface area is 154 Å². The van der Waals surface area contributed by atoms with E-state index in [9.17, 15) is 13.2 Å². The zero-order valence-electron chi connectivity index (χ0n) is 14.9. The van der Waals surface area contributed by atoms with E-state index < -0.39 is 28.0 Å². The average molecular weight is 373 g/mol. The summed E-state index contributed by atoms with van der Waals surface area (Å²) in [7, 11) is -2.47. The van der Waals surface area contributed by atoms with Gasteiger partial charge in [-0.05, 0) is 48.1 Å². The first-order valence-corrected chi connectivity index (χ1v) is 10.2. The van der Waals surface area contributed by atoms with E-state index >= 15 is 0 Å². The molecule has 2 atom stereocenters. The van der Waals surface area contributed by atoms with Crippen LogP contribution in [0.4, 0.5) is 0 Å². The van der Waals surface area contributed by atoms with Crippen LogP contribution in [-0.2, 0) is 32.4 Å². The van der Waals surface area contributed by atoms with Crippen LogP contribution in [0.3, 0.4) is 0 Å². The van der Waals surface area contributed by atoms with Crippen molar-refractivity contribution in [1.29, 1.82) is 0 Å². The molecule has 26 heavy (non-hydrogen) atoms. The fraction of sp³-hybridized carbons (Fsp3) is 0.350. The van der Waals surface area contributed by atoms with Crippen molar-refractivity contribution in [3.05, 3.63) is 65.2 Å². The summed E-state index contributed by atoms with van der Waals surface area (Å²) in [6, 6.07) is 13.6. The molecule has 0 heterocycles. The standard InChI is InChI=1S/C20H23NO4S/c1-14(20(22)25-2)19(16-7-4-3-5-8-16)21-26(23,24)18-12-11-15-9-6-10-17(15)13-18/h3-5,7-8,11-14,19,21H,6,9-10H2,1-2H3/t14-,19+/m1/s1. The number of carbonyl (C=O) groups excluding carboxylic acids is 1. The molecule has 1 aliphatic rings. The van der Waals surface area contributed by atoms with Crippen molar-refractivity contribution in [3.63, 3.8) is 0 Å². The number of hydrogen-bond donors (Lipinski definition) is 1. The molecule has 0 radical (unpaired) electrons. The average Bonchev–Trinajstić information content (AvgIpc) is 3.13. The van der Waals surface area contributed by atoms with Crippen molar-refractivity contribution in [1.82, 2.24) is 4.72 Å². The Hall–Kier alpha value is -2.18. The van der Waals surface area contributed by atoms with E-state index in [4.69, 9.17) is 4.74 Å². The third kappa shape index (κ3) is 3.81. The second-order valence-corrected chi connectivity index (χ2v) is 8.32. The summed E-state index contributed by atoms with van der Waals surface area (Å²) >= 11 is 0. The molecule has 0 saturated carbocycles. The fourth-order valence-corrected chi connectivity index (χ4v) is 4.75. The fourth-order valence-electron chi connectivity index (χ4n) is 3.39. The Morgan fingerprint density at radius 3 is 2.46 bits per heavy atom. The van der Waals surface area contributed by atoms with E-state index in [0.717, 1.165) is 30.4 Å². The van der Waals surface area contributed by atoms with Gasteiger partial charge in [-0.25, -0.2) is 13.1 Å². The lowest BCUT2D eigenvalue weighted by molar-refractivity contribution is -0.145. The highest BCUT2D eigenvalue weighted by molar-refractivity contribution is 7.89. The minimum atomic E-state index is -3.77. The van der Waals surface area contributed by atoms with Gasteiger partial charge < -0.3 is 4.74 Å². The lowest BCUT2D eigenvalue weighted by Crippen LogP contribution is -2.36. The second-order valence-electron chi connectivity index (χ2n) is 6.61. The molecule has 5 nitrogen and oxygen atoms in total. The summed E-state index contributed by atoms with van der Waals surface area (Å²) < 4.78 is 33.5. The first-order chi connectivity index (χ1) is 12.4. The van der Waals surface area contributed by atoms with Crippen LogP contribution in [0.1, 0.15) is 36.1 Å². The van der Waals surface area contributed by atoms with E-state index in [1.165, 1.54) is 12.7 Å². The maximum atomic E-state index is 13.0. The van der Waals surface area contributed by atoms with Crippen LogP contribution < -0.4 is 4.72 Å². The number of hydrogen-bond acceptors (Lipinski definition) is 4. The number of esters is 1. The van der Waals surface area contributed by atoms with Crippen LogP contribution in [0.25, 0.3) is 0 Å². The Balaban J connectivity index is 1.93. The minimum Gasteiger partial charge on any atom is -0.469 e. The van der Waals surface area contributed by atoms with Crippen molar-refractivity contribution >= 4 is 16.0 Å². The van der Waals surface area contributed by atoms with E-state index in [1.54, 1.807) is 31.2 Å². The molecular weight excluding hydrogens is 350 g/mol. The molecule has 2 aromatic rings. The number of aryl methyl sites for hydroxylation is 2. The maximum absolute atomic E-state index is 13.0. The van der Waals surface area contributed by atoms with Crippen LogP contribution in [0, 0.1) is 5.92 Å². The third-order valence-corrected chi connectivity index (χ3v) is 6.33. The molecule has 0 bridgehead atoms. The molecule has 0 amide bonds. The largest absolute Gasteiger partial charge is 0.469 e. The van der Waals surface area contributed by atoms with Crippen LogP contribution in [0.15, 0.2) is 53.4 Å². The molecule has 0 aliphatic heterocycles. The summed E-state index contributed by atoms with van der Waals surface area (Å²) in [5, 5.41) is 0. The van der Waals surface area contributed by atoms with Gasteiger partial charge in [0.2, 0.25) is 10.0 Å². The highest BCUT2D eigenvalue weighted by Gasteiger charge is 2.31. The Kier molecular flexibility index (Phi) is 5.44. The first kappa shape index (κ1) is 18.6. The molecule has 0 fully saturated rings. The van der Waals surface area contributed by atoms with Gasteiger partial charge in [0.05, 0.1) is 24.0 Å². The summed E-state index contributed by atoms with van der Waals surface area (Å²) in [5.41, 5.74) is 3.02. The summed E-state index contributed by atoms with van der Waals surface area (Å²) in [5.74, 6) is -1.12. The Bertz CT molecular complexity index is 893. The molecule has 0 aromatic heterocycles. The highest BCUT2D eigenvalue weighted by atomic mass is 32.2. The van der Waals surface area contributed by atoms with Gasteiger partial charge in [0, 0.05) is 0 Å². The van der Waals surface area contributed by atoms with Crippen molar-refractivity contribution in [2.75, 3.05) is 7.11 Å². The molecular formula is C20H23NO4S. The van der Waals surface area contributed by atoms with E-state index in [-0.39, 0.29) is 4.90 Å². The van der Waals surface area contributed by atoms with E-state index in [2.05, 4.69) is 4.72 Å². The molecule has 3 rings (SSSR count). The molecule has 6 heteroatoms. The second kappa shape index (κ2) is 7.60. The Morgan fingerprint density at radius 2 is 1.77 bits per heavy atom. The number of carbonyl (C=O) groups is 1. The SMILES string of the molecule is COC(=O)[C@H](C)[C@H](NS(=O)(=O)c1ccc2c(c1)CCC2)c1ccccc1. The van der Waals surface area contributed by atoms with Crippen LogP contribution >= 0.6 is 0 Å². The minimum absolute atomic E-state index is 0.233. The van der Waals surface area contributed by atoms with Gasteiger partial charge in [-0.15, -0.1) is 0 Å². The lowest BCUT2D eigenvalue weighted by Gasteiger charge is -2.24. The topological polar surface area (TPSA) is 72.5 Å². The van der Waals surface area contributed by atoms with E-state index in [1.807, 2.05) is 24.3 Å². The molecule has 2 aromatic carbocycles. The molecule has 0 spiro atoms. The van der Waals surface area contributed by atoms with Crippen molar-refractivity contribution < 1.29 is 17.9 Å². The molecule has 0 saturated heterocycles. The summed E-state index contributed by atoms with van der Waals surface area (Å²) in [6.45, 7) is 1.66. The summed E-state index contributed by atoms with van der Waals surface area (Å²) in [6.07, 6.45) is 2.95. The van der Waals surface area contributed by atoms with Crippen LogP contribution in [-0.4, -0.2) is 21.5 Å². The van der Waals surface area contributed by atoms with E-state index in [0.29, 0.717) is 0 Å². The van der Waals surface area contributed by atoms with Gasteiger partial charge in [-0.2, -0.15) is 0 Å². The van der Waals surface area contributed by atoms with Gasteiger partial charge in [-0.3, -0.25) is 4.79 Å². The number of methoxy groups -OCH3 is 1. The number of fused-ring (bicyclic) bond motifs is 1. The highest BCUT2D eigenvalue weighted by Crippen LogP contribution is 2.28. The van der Waals surface area contributed by atoms with Gasteiger partial charge in [-0.1, -0.05) is 43.3 Å². The van der Waals surface area contributed by atoms with Crippen LogP contribution in [0.5, 0.6) is 0 Å². The zero-order valence-corrected chi connectivity index (χ0v) is 15.8. The van der Waals surface area contributed by atoms with Crippen molar-refractivity contribution in [2.45, 2.75) is 37.1 Å². The van der Waals surface area contributed by atoms with Crippen molar-refractivity contribution in [3.8, 4) is 0 Å². The van der Waals surface area contributed by atoms with Gasteiger partial charge >= 0.3 is 5.97 Å². The maximum Gasteiger partial charge on any atom is 0.310 e. The number of nitrogens with one attached hydrogen (secondary N) is 1. The predicted molar refractivity (Wildman–Crippen MR) is 99.2 cm³/mol. The molecule has 1 N–H and O–H groups in total. The third-order valence-electron chi connectivity index (χ3n) is 4.89. The molecule has 1 aliphatic carbocycles. The monoisotopic (exact) mass is 373 g/mol. The lowest BCUT2D eigenvalue weighted by atomic mass is 9.95. The quantitative estimate of drug-likeness (QED) is 0.790. The van der Waals surface area contributed by atoms with Gasteiger partial charge in [0.25, 0.3) is 0 Å². The predicted octanol–water partition coefficient (Wildman–Crippen LogP) is 3.00. The zero-order chi connectivity index (χ0) is 18.7. The summed E-state index contributed by atoms with van der Waals surface area (Å²) in [4.78, 5) is 12.3. The van der Waals surface area contributed by atoms with Gasteiger partial charge in [0.1, 0.15) is 0 Å². The van der Waals surface area contributed by atoms with Crippen LogP contribution in [0.2, 0.25) is 0 Å². The first-order valence-electron chi connectivity index (χ1n) is 8.69. The normalized spacial score (nSPS) is 15.9. The smallest absolute Gasteiger partial charge is 0.310 e. The molecule has 0 unspecified atom stereocenters. The number of benzene rings is 2. The van der Waals surface area contributed by atoms with Crippen molar-refractivity contribution in [2.24, 2.45) is 5.92 Å². The molecule has 138 valence electrons. The number of ether oxygens (including phenoxy) is 1. The van der Waals surface area contributed by atoms with Gasteiger partial charge in [0.15, 0.2) is 0 Å². The number of sulfonamides is 1. The Morgan fingerprint density at radius 1 is 1.08 bits per heavy atom. The number of rotatable bonds is 6.